The van der Waals surface area contributed by atoms with Gasteiger partial charge < -0.3 is 10.1 Å². The summed E-state index contributed by atoms with van der Waals surface area (Å²) in [6, 6.07) is 9.42. The molecule has 0 spiro atoms. The number of benzene rings is 2. The molecule has 13 heteroatoms. The zero-order valence-electron chi connectivity index (χ0n) is 17.1. The van der Waals surface area contributed by atoms with Crippen LogP contribution in [0.5, 0.6) is 5.75 Å². The highest BCUT2D eigenvalue weighted by molar-refractivity contribution is 9.10. The summed E-state index contributed by atoms with van der Waals surface area (Å²) in [6.07, 6.45) is -4.69. The molecule has 0 aliphatic heterocycles. The Labute approximate surface area is 200 Å². The number of carbonyl (C=O) groups excluding carboxylic acids is 1. The Morgan fingerprint density at radius 1 is 1.18 bits per heavy atom. The highest BCUT2D eigenvalue weighted by atomic mass is 79.9. The third kappa shape index (κ3) is 5.50. The van der Waals surface area contributed by atoms with Gasteiger partial charge in [-0.05, 0) is 59.3 Å². The van der Waals surface area contributed by atoms with Gasteiger partial charge in [0.1, 0.15) is 12.3 Å². The van der Waals surface area contributed by atoms with Gasteiger partial charge in [-0.1, -0.05) is 11.6 Å². The number of rotatable bonds is 6. The molecule has 1 N–H and O–H groups in total. The molecule has 0 bridgehead atoms. The average molecular weight is 567 g/mol. The summed E-state index contributed by atoms with van der Waals surface area (Å²) in [4.78, 5) is 12.3. The second-order valence-corrected chi connectivity index (χ2v) is 9.99. The summed E-state index contributed by atoms with van der Waals surface area (Å²) >= 11 is 8.66. The number of sulfone groups is 1. The van der Waals surface area contributed by atoms with E-state index >= 15 is 0 Å². The molecule has 1 aromatic heterocycles. The van der Waals surface area contributed by atoms with Crippen LogP contribution in [0.25, 0.3) is 0 Å². The van der Waals surface area contributed by atoms with Crippen molar-refractivity contribution in [2.75, 3.05) is 12.4 Å². The lowest BCUT2D eigenvalue weighted by Crippen LogP contribution is -2.21. The molecule has 0 radical (unpaired) electrons. The fourth-order valence-electron chi connectivity index (χ4n) is 2.86. The van der Waals surface area contributed by atoms with E-state index in [0.29, 0.717) is 5.02 Å². The number of hydrogen-bond donors (Lipinski definition) is 1. The number of nitrogens with zero attached hydrogens (tertiary/aromatic N) is 2. The van der Waals surface area contributed by atoms with Crippen molar-refractivity contribution in [2.24, 2.45) is 0 Å². The second kappa shape index (κ2) is 9.35. The molecule has 3 rings (SSSR count). The molecule has 0 saturated heterocycles. The van der Waals surface area contributed by atoms with Gasteiger partial charge in [0.2, 0.25) is 15.7 Å². The molecule has 33 heavy (non-hydrogen) atoms. The van der Waals surface area contributed by atoms with E-state index in [1.165, 1.54) is 56.5 Å². The van der Waals surface area contributed by atoms with Crippen molar-refractivity contribution in [2.45, 2.75) is 29.4 Å². The van der Waals surface area contributed by atoms with Crippen LogP contribution in [-0.2, 0) is 27.4 Å². The van der Waals surface area contributed by atoms with Crippen LogP contribution in [-0.4, -0.2) is 31.2 Å². The third-order valence-corrected chi connectivity index (χ3v) is 7.48. The Morgan fingerprint density at radius 2 is 1.82 bits per heavy atom. The normalized spacial score (nSPS) is 12.0. The van der Waals surface area contributed by atoms with Crippen molar-refractivity contribution in [1.29, 1.82) is 0 Å². The van der Waals surface area contributed by atoms with Crippen LogP contribution < -0.4 is 10.1 Å². The standard InChI is InChI=1S/C20H16BrClF3N3O4S/c1-11-18(21)19(20(23,24)25)27-28(11)10-17(29)26-13-7-14(32-2)9-16(8-13)33(30,31)15-5-3-12(22)4-6-15/h3-9H,10H2,1-2H3,(H,26,29). The van der Waals surface area contributed by atoms with Gasteiger partial charge in [0.05, 0.1) is 27.1 Å². The molecule has 0 unspecified atom stereocenters. The minimum Gasteiger partial charge on any atom is -0.497 e. The number of alkyl halides is 3. The molecule has 3 aromatic rings. The zero-order chi connectivity index (χ0) is 24.6. The maximum atomic E-state index is 13.0. The minimum atomic E-state index is -4.69. The number of carbonyl (C=O) groups is 1. The molecule has 0 aliphatic carbocycles. The number of aromatic nitrogens is 2. The van der Waals surface area contributed by atoms with Crippen LogP contribution in [0, 0.1) is 6.92 Å². The maximum Gasteiger partial charge on any atom is 0.436 e. The summed E-state index contributed by atoms with van der Waals surface area (Å²) in [5, 5.41) is 6.29. The van der Waals surface area contributed by atoms with E-state index in [2.05, 4.69) is 26.3 Å². The number of ether oxygens (including phenoxy) is 1. The van der Waals surface area contributed by atoms with E-state index in [0.717, 1.165) is 4.68 Å². The SMILES string of the molecule is COc1cc(NC(=O)Cn2nc(C(F)(F)F)c(Br)c2C)cc(S(=O)(=O)c2ccc(Cl)cc2)c1. The van der Waals surface area contributed by atoms with Gasteiger partial charge in [-0.15, -0.1) is 0 Å². The van der Waals surface area contributed by atoms with E-state index in [-0.39, 0.29) is 31.4 Å². The van der Waals surface area contributed by atoms with E-state index in [4.69, 9.17) is 16.3 Å². The molecular weight excluding hydrogens is 551 g/mol. The Bertz CT molecular complexity index is 1310. The van der Waals surface area contributed by atoms with Crippen LogP contribution in [0.3, 0.4) is 0 Å². The van der Waals surface area contributed by atoms with Crippen LogP contribution in [0.15, 0.2) is 56.7 Å². The van der Waals surface area contributed by atoms with E-state index in [9.17, 15) is 26.4 Å². The number of halogens is 5. The monoisotopic (exact) mass is 565 g/mol. The molecule has 1 heterocycles. The number of anilines is 1. The first-order valence-corrected chi connectivity index (χ1v) is 11.8. The Kier molecular flexibility index (Phi) is 7.10. The smallest absolute Gasteiger partial charge is 0.436 e. The lowest BCUT2D eigenvalue weighted by molar-refractivity contribution is -0.142. The molecule has 0 aliphatic rings. The Morgan fingerprint density at radius 3 is 2.36 bits per heavy atom. The van der Waals surface area contributed by atoms with Gasteiger partial charge in [0.25, 0.3) is 0 Å². The third-order valence-electron chi connectivity index (χ3n) is 4.53. The zero-order valence-corrected chi connectivity index (χ0v) is 20.2. The number of amides is 1. The summed E-state index contributed by atoms with van der Waals surface area (Å²) in [5.74, 6) is -0.567. The molecular formula is C20H16BrClF3N3O4S. The van der Waals surface area contributed by atoms with Crippen LogP contribution >= 0.6 is 27.5 Å². The largest absolute Gasteiger partial charge is 0.497 e. The molecule has 2 aromatic carbocycles. The minimum absolute atomic E-state index is 0.0193. The number of nitrogens with one attached hydrogen (secondary N) is 1. The van der Waals surface area contributed by atoms with Gasteiger partial charge in [-0.2, -0.15) is 18.3 Å². The molecule has 176 valence electrons. The fourth-order valence-corrected chi connectivity index (χ4v) is 4.82. The van der Waals surface area contributed by atoms with Gasteiger partial charge in [0.15, 0.2) is 5.69 Å². The number of methoxy groups -OCH3 is 1. The van der Waals surface area contributed by atoms with Gasteiger partial charge in [-0.25, -0.2) is 8.42 Å². The highest BCUT2D eigenvalue weighted by Crippen LogP contribution is 2.35. The van der Waals surface area contributed by atoms with Gasteiger partial charge in [0, 0.05) is 16.8 Å². The molecule has 0 atom stereocenters. The van der Waals surface area contributed by atoms with Gasteiger partial charge >= 0.3 is 6.18 Å². The lowest BCUT2D eigenvalue weighted by atomic mass is 10.3. The number of hydrogen-bond acceptors (Lipinski definition) is 5. The lowest BCUT2D eigenvalue weighted by Gasteiger charge is -2.12. The predicted octanol–water partition coefficient (Wildman–Crippen LogP) is 5.11. The van der Waals surface area contributed by atoms with Crippen molar-refractivity contribution in [1.82, 2.24) is 9.78 Å². The van der Waals surface area contributed by atoms with Crippen LogP contribution in [0.1, 0.15) is 11.4 Å². The fraction of sp³-hybridized carbons (Fsp3) is 0.200. The molecule has 1 amide bonds. The summed E-state index contributed by atoms with van der Waals surface area (Å²) in [6.45, 7) is 0.846. The average Bonchev–Trinajstić information content (AvgIpc) is 3.02. The van der Waals surface area contributed by atoms with Crippen LogP contribution in [0.2, 0.25) is 5.02 Å². The van der Waals surface area contributed by atoms with E-state index in [1.54, 1.807) is 0 Å². The topological polar surface area (TPSA) is 90.3 Å². The van der Waals surface area contributed by atoms with Crippen molar-refractivity contribution in [3.8, 4) is 5.75 Å². The summed E-state index contributed by atoms with van der Waals surface area (Å²) < 4.78 is 70.9. The summed E-state index contributed by atoms with van der Waals surface area (Å²) in [7, 11) is -2.65. The van der Waals surface area contributed by atoms with Crippen molar-refractivity contribution < 1.29 is 31.1 Å². The first-order valence-electron chi connectivity index (χ1n) is 9.12. The predicted molar refractivity (Wildman–Crippen MR) is 118 cm³/mol. The summed E-state index contributed by atoms with van der Waals surface area (Å²) in [5.41, 5.74) is -0.966. The van der Waals surface area contributed by atoms with E-state index < -0.39 is 34.2 Å². The molecule has 0 fully saturated rings. The first-order chi connectivity index (χ1) is 15.3. The molecule has 0 saturated carbocycles. The van der Waals surface area contributed by atoms with Crippen molar-refractivity contribution in [3.05, 3.63) is 63.3 Å². The second-order valence-electron chi connectivity index (χ2n) is 6.81. The quantitative estimate of drug-likeness (QED) is 0.448. The Hall–Kier alpha value is -2.57. The highest BCUT2D eigenvalue weighted by Gasteiger charge is 2.38. The van der Waals surface area contributed by atoms with Crippen molar-refractivity contribution >= 4 is 49.0 Å². The van der Waals surface area contributed by atoms with Crippen molar-refractivity contribution in [3.63, 3.8) is 0 Å². The molecule has 7 nitrogen and oxygen atoms in total. The van der Waals surface area contributed by atoms with E-state index in [1.807, 2.05) is 0 Å². The maximum absolute atomic E-state index is 13.0. The Balaban J connectivity index is 1.89. The van der Waals surface area contributed by atoms with Gasteiger partial charge in [-0.3, -0.25) is 9.48 Å². The first kappa shape index (κ1) is 25.1. The van der Waals surface area contributed by atoms with Crippen LogP contribution in [0.4, 0.5) is 18.9 Å².